The first kappa shape index (κ1) is 147. The molecule has 4 aliphatic heterocycles. The predicted molar refractivity (Wildman–Crippen MR) is 306 cm³/mol. The maximum atomic E-state index is 11.9. The van der Waals surface area contributed by atoms with Crippen LogP contribution in [0.5, 0.6) is 0 Å². The van der Waals surface area contributed by atoms with Gasteiger partial charge in [0.1, 0.15) is 49.0 Å². The molecule has 15 atom stereocenters. The van der Waals surface area contributed by atoms with Gasteiger partial charge in [-0.3, -0.25) is 37.6 Å². The molecule has 4 aliphatic rings. The molecule has 85 heteroatoms. The fraction of sp³-hybridized carbons (Fsp3) is 0.676. The van der Waals surface area contributed by atoms with E-state index in [1.54, 1.807) is 0 Å². The Morgan fingerprint density at radius 1 is 0.487 bits per heavy atom. The summed E-state index contributed by atoms with van der Waals surface area (Å²) in [4.78, 5) is 0. The van der Waals surface area contributed by atoms with Crippen LogP contribution in [-0.4, -0.2) is 310 Å². The number of nitrogens with zero attached hydrogens (tertiary/aromatic N) is 8. The Morgan fingerprint density at radius 2 is 0.807 bits per heavy atom. The first-order valence-corrected chi connectivity index (χ1v) is 41.7. The first-order valence-electron chi connectivity index (χ1n) is 25.9. The van der Waals surface area contributed by atoms with Crippen molar-refractivity contribution >= 4 is 138 Å². The number of aromatic nitrogens is 9. The Bertz CT molecular complexity index is 4550. The van der Waals surface area contributed by atoms with Gasteiger partial charge in [-0.05, 0) is 18.3 Å². The van der Waals surface area contributed by atoms with Crippen LogP contribution < -0.4 is 330 Å². The number of ether oxygens (including phenoxy) is 8. The summed E-state index contributed by atoms with van der Waals surface area (Å²) in [5.41, 5.74) is -0.00640. The second kappa shape index (κ2) is 64.4. The van der Waals surface area contributed by atoms with E-state index in [2.05, 4.69) is 63.0 Å². The van der Waals surface area contributed by atoms with Crippen LogP contribution in [0, 0.1) is 32.6 Å². The van der Waals surface area contributed by atoms with E-state index in [4.69, 9.17) is 149 Å². The van der Waals surface area contributed by atoms with Crippen LogP contribution in [0.25, 0.3) is 0 Å². The standard InChI is InChI=1S/C34H46Cl2N9O32S6.11Na.5H2O4S/c1-17-21(36)3-24(74-80(52,53)54)33(67-17)71-34(16-35)6-25(75-81(55,56)57)26(70-34)10-43-8-19(38-41-43)14-65-29-5-23(73-79(49,50)51)32(77-83(61,62)63)28(69-29)12-45-9-20(39-42-45)15-66-30-4-22(72-78(46,47)48)31(76-82(58,59)60)27(68-30)11-44-7-18(13-64-2)37-40-44;;;;;;;;;;;;5*1-5(2,3)4/h3-9,17,21-33H,1,10-16H2,2H3,(H6,46,47,48,49,50,51,52,53,54,55,56,57,58,59,60,61,62,63);;;;;;;;;;;;5*(H2,1,2,3,4)/q-5;11*+1;;;;;/p-10/t17-,21-,22-,23-,24-,25+,26-,27-,28-,29+,30-,31+,32+,33?,34-;;;;;;;;;;;;;;;;/m1................/s1. The summed E-state index contributed by atoms with van der Waals surface area (Å²) in [5.74, 6) is -3.03. The molecule has 0 aromatic carbocycles. The van der Waals surface area contributed by atoms with Gasteiger partial charge < -0.3 is 112 Å². The second-order valence-corrected chi connectivity index (χ2v) is 30.5. The van der Waals surface area contributed by atoms with Gasteiger partial charge in [-0.15, -0.1) is 21.8 Å². The maximum Gasteiger partial charge on any atom is 1.00 e. The van der Waals surface area contributed by atoms with Crippen molar-refractivity contribution < 1.29 is 558 Å². The summed E-state index contributed by atoms with van der Waals surface area (Å²) in [6.07, 6.45) is -17.5. The van der Waals surface area contributed by atoms with Gasteiger partial charge in [0.25, 0.3) is 0 Å². The first-order chi connectivity index (χ1) is 48.4. The number of methoxy groups -OCH3 is 1. The van der Waals surface area contributed by atoms with E-state index in [0.717, 1.165) is 33.1 Å². The van der Waals surface area contributed by atoms with E-state index in [9.17, 15) is 77.8 Å². The largest absolute Gasteiger partial charge is 1.00 e. The van der Waals surface area contributed by atoms with Gasteiger partial charge in [0.2, 0.25) is 120 Å². The monoisotopic (exact) mass is 2090 g/mol. The van der Waals surface area contributed by atoms with Crippen LogP contribution in [0.2, 0.25) is 0 Å². The minimum absolute atomic E-state index is 0. The number of rotatable bonds is 29. The molecule has 4 fully saturated rings. The Hall–Kier alpha value is 7.25. The molecule has 119 heavy (non-hydrogen) atoms. The Labute approximate surface area is 931 Å². The molecule has 3 aromatic heterocycles. The normalized spacial score (nSPS) is 24.5. The van der Waals surface area contributed by atoms with Crippen LogP contribution in [0.3, 0.4) is 0 Å². The van der Waals surface area contributed by atoms with Gasteiger partial charge in [-0.25, -0.2) is 121 Å². The third kappa shape index (κ3) is 75.0. The number of nitrogens with one attached hydrogen (secondary N) is 1. The minimum Gasteiger partial charge on any atom is -0.726 e. The molecule has 4 saturated heterocycles. The molecule has 3 aromatic rings. The van der Waals surface area contributed by atoms with E-state index < -0.39 is 244 Å². The molecule has 634 valence electrons. The summed E-state index contributed by atoms with van der Waals surface area (Å²) < 4.78 is 451. The Kier molecular flexibility index (Phi) is 79.3. The molecule has 6 N–H and O–H groups in total. The van der Waals surface area contributed by atoms with Gasteiger partial charge in [-0.1, -0.05) is 27.1 Å². The van der Waals surface area contributed by atoms with Crippen LogP contribution in [0.1, 0.15) is 17.1 Å². The molecule has 0 spiro atoms. The van der Waals surface area contributed by atoms with Gasteiger partial charge in [-0.2, -0.15) is 16.3 Å². The van der Waals surface area contributed by atoms with Crippen molar-refractivity contribution in [3.05, 3.63) is 68.3 Å². The van der Waals surface area contributed by atoms with E-state index in [1.165, 1.54) is 19.5 Å². The van der Waals surface area contributed by atoms with Crippen LogP contribution in [-0.2, 0) is 217 Å². The predicted octanol–water partition coefficient (Wildman–Crippen LogP) is -44.6. The smallest absolute Gasteiger partial charge is 0.726 e. The zero-order valence-corrected chi connectivity index (χ0v) is 95.0. The Morgan fingerprint density at radius 3 is 1.13 bits per heavy atom. The van der Waals surface area contributed by atoms with Gasteiger partial charge >= 0.3 is 325 Å². The van der Waals surface area contributed by atoms with Crippen molar-refractivity contribution in [1.29, 1.82) is 0 Å². The van der Waals surface area contributed by atoms with Gasteiger partial charge in [0.05, 0.1) is 50.6 Å². The van der Waals surface area contributed by atoms with Crippen LogP contribution in [0.4, 0.5) is 0 Å². The molecular weight excluding hydrogens is 2040 g/mol. The van der Waals surface area contributed by atoms with Crippen molar-refractivity contribution in [2.75, 3.05) is 13.0 Å². The van der Waals surface area contributed by atoms with Crippen molar-refractivity contribution in [1.82, 2.24) is 40.3 Å². The summed E-state index contributed by atoms with van der Waals surface area (Å²) in [6, 6.07) is 0. The summed E-state index contributed by atoms with van der Waals surface area (Å²) in [5, 5.41) is 20.6. The van der Waals surface area contributed by atoms with Crippen LogP contribution >= 0.6 is 23.2 Å². The van der Waals surface area contributed by atoms with Crippen molar-refractivity contribution in [2.24, 2.45) is 0 Å². The average molecular weight is 2090 g/mol. The van der Waals surface area contributed by atoms with E-state index >= 15 is 0 Å². The van der Waals surface area contributed by atoms with E-state index in [0.29, 0.717) is 12.8 Å². The van der Waals surface area contributed by atoms with Crippen molar-refractivity contribution in [3.63, 3.8) is 0 Å². The fourth-order valence-electron chi connectivity index (χ4n) is 8.03. The molecule has 0 saturated carbocycles. The quantitative estimate of drug-likeness (QED) is 0.00938. The molecule has 0 amide bonds. The SMILES string of the molecule is O=S(=O)([O-])O.O=S(=O)([O-])O.O=S(=O)([O-])O.O=S(=O)([O-])O.O=S(=O)([O-])O.[CH2-][C@H]1OC(O[C@@]2(CCl)[CH-][C@H](OS(=O)(=O)[O-])[C@@H](C[n+]3cc(CO[C@@H]4[CH-][C@@H](OS(=O)(=O)[O-])[C@H](OS(=O)(=O)[O-])[C@@H](Cn5cc(CO[C@H]6[CH-][C@@H](OS(=O)(=O)[O-])[C@H](OS(=O)(=O)[O-])[C@@H](Cn7cc(COC)nn7)O6)nn5)O4)n[nH]3)O2)[C@H](OS(=O)(=O)[O-])[CH-][C@H]1Cl.[Na+].[Na+].[Na+].[Na+].[Na+].[Na+].[Na+].[Na+].[Na+].[Na+].[Na+]. The Balaban J connectivity index is -0.000000361. The molecule has 61 nitrogen and oxygen atoms in total. The number of H-pyrrole nitrogens is 1. The summed E-state index contributed by atoms with van der Waals surface area (Å²) in [7, 11) is -57.1. The molecule has 1 unspecified atom stereocenters. The maximum absolute atomic E-state index is 11.9. The van der Waals surface area contributed by atoms with E-state index in [-0.39, 0.29) is 349 Å². The third-order valence-electron chi connectivity index (χ3n) is 11.0. The van der Waals surface area contributed by atoms with Gasteiger partial charge in [0, 0.05) is 36.8 Å². The topological polar surface area (TPSA) is 954 Å². The number of halogens is 2. The minimum atomic E-state index is -5.78. The number of alkyl halides is 2. The molecular formula is C34H46Cl2N9Na11O52S11-4. The molecule has 0 bridgehead atoms. The molecule has 7 heterocycles. The fourth-order valence-corrected chi connectivity index (χ4v) is 11.2. The van der Waals surface area contributed by atoms with Gasteiger partial charge in [0.15, 0.2) is 12.5 Å². The van der Waals surface area contributed by atoms with E-state index in [1.807, 2.05) is 0 Å². The van der Waals surface area contributed by atoms with Crippen molar-refractivity contribution in [3.8, 4) is 0 Å². The zero-order valence-electron chi connectivity index (χ0n) is 62.5. The van der Waals surface area contributed by atoms with Crippen molar-refractivity contribution in [2.45, 2.75) is 131 Å². The number of aromatic amines is 1. The zero-order chi connectivity index (χ0) is 83.6. The number of hydrogen-bond acceptors (Lipinski definition) is 52. The summed E-state index contributed by atoms with van der Waals surface area (Å²) >= 11 is 12.2. The van der Waals surface area contributed by atoms with Crippen LogP contribution in [0.15, 0.2) is 18.6 Å². The third-order valence-corrected chi connectivity index (χ3v) is 14.5. The second-order valence-electron chi connectivity index (χ2n) is 19.4. The molecule has 0 radical (unpaired) electrons. The molecule has 0 aliphatic carbocycles. The number of hydrogen-bond donors (Lipinski definition) is 6. The summed E-state index contributed by atoms with van der Waals surface area (Å²) in [6.45, 7) is 0.424. The average Bonchev–Trinajstić information content (AvgIpc) is 1.73. The molecule has 7 rings (SSSR count).